The van der Waals surface area contributed by atoms with E-state index in [1.807, 2.05) is 0 Å². The van der Waals surface area contributed by atoms with Crippen LogP contribution >= 0.6 is 11.8 Å². The highest BCUT2D eigenvalue weighted by molar-refractivity contribution is 8.13. The Hall–Kier alpha value is -1.87. The Morgan fingerprint density at radius 2 is 2.28 bits per heavy atom. The number of nitro groups is 1. The van der Waals surface area contributed by atoms with Crippen molar-refractivity contribution in [3.8, 4) is 11.8 Å². The van der Waals surface area contributed by atoms with E-state index < -0.39 is 10.7 Å². The first-order valence-electron chi connectivity index (χ1n) is 5.07. The third kappa shape index (κ3) is 4.55. The lowest BCUT2D eigenvalue weighted by Crippen LogP contribution is -1.91. The summed E-state index contributed by atoms with van der Waals surface area (Å²) in [4.78, 5) is 20.5. The molecule has 0 amide bonds. The van der Waals surface area contributed by atoms with Gasteiger partial charge in [-0.3, -0.25) is 14.9 Å². The minimum atomic E-state index is -0.601. The molecule has 0 heterocycles. The Morgan fingerprint density at radius 1 is 1.56 bits per heavy atom. The van der Waals surface area contributed by atoms with Gasteiger partial charge in [0, 0.05) is 31.2 Å². The van der Waals surface area contributed by atoms with Crippen molar-refractivity contribution < 1.29 is 14.1 Å². The summed E-state index contributed by atoms with van der Waals surface area (Å²) in [7, 11) is 0. The number of nitrogens with zero attached hydrogens (tertiary/aromatic N) is 1. The fourth-order valence-electron chi connectivity index (χ4n) is 1.13. The zero-order valence-corrected chi connectivity index (χ0v) is 10.4. The average Bonchev–Trinajstić information content (AvgIpc) is 2.30. The molecule has 4 nitrogen and oxygen atoms in total. The lowest BCUT2D eigenvalue weighted by molar-refractivity contribution is -0.384. The van der Waals surface area contributed by atoms with Gasteiger partial charge in [0.25, 0.3) is 5.69 Å². The van der Waals surface area contributed by atoms with Gasteiger partial charge >= 0.3 is 0 Å². The van der Waals surface area contributed by atoms with Gasteiger partial charge in [-0.15, -0.1) is 0 Å². The van der Waals surface area contributed by atoms with Gasteiger partial charge in [-0.05, 0) is 6.07 Å². The first kappa shape index (κ1) is 14.2. The summed E-state index contributed by atoms with van der Waals surface area (Å²) in [5.74, 6) is 5.14. The molecule has 0 fully saturated rings. The minimum Gasteiger partial charge on any atom is -0.288 e. The molecule has 6 heteroatoms. The Morgan fingerprint density at radius 3 is 2.89 bits per heavy atom. The van der Waals surface area contributed by atoms with Crippen LogP contribution in [0.5, 0.6) is 0 Å². The van der Waals surface area contributed by atoms with E-state index in [0.29, 0.717) is 12.2 Å². The number of carbonyl (C=O) groups excluding carboxylic acids is 1. The topological polar surface area (TPSA) is 60.2 Å². The van der Waals surface area contributed by atoms with Crippen molar-refractivity contribution in [2.45, 2.75) is 13.3 Å². The second-order valence-electron chi connectivity index (χ2n) is 3.31. The number of non-ortho nitro benzene ring substituents is 1. The highest BCUT2D eigenvalue weighted by Crippen LogP contribution is 2.15. The van der Waals surface area contributed by atoms with Crippen molar-refractivity contribution in [2.75, 3.05) is 5.75 Å². The quantitative estimate of drug-likeness (QED) is 0.365. The molecule has 0 aromatic heterocycles. The molecule has 1 aromatic rings. The second-order valence-corrected chi connectivity index (χ2v) is 4.58. The molecular formula is C12H10FNO3S. The Balaban J connectivity index is 2.71. The van der Waals surface area contributed by atoms with Gasteiger partial charge in [0.15, 0.2) is 5.12 Å². The molecule has 94 valence electrons. The highest BCUT2D eigenvalue weighted by atomic mass is 32.2. The number of thioether (sulfide) groups is 1. The molecule has 0 saturated heterocycles. The number of rotatable bonds is 3. The Bertz CT molecular complexity index is 534. The van der Waals surface area contributed by atoms with Crippen LogP contribution < -0.4 is 0 Å². The molecule has 0 aliphatic rings. The van der Waals surface area contributed by atoms with Gasteiger partial charge < -0.3 is 0 Å². The number of hydrogen-bond acceptors (Lipinski definition) is 4. The number of hydrogen-bond donors (Lipinski definition) is 0. The summed E-state index contributed by atoms with van der Waals surface area (Å²) in [6.45, 7) is 1.46. The fourth-order valence-corrected chi connectivity index (χ4v) is 1.62. The van der Waals surface area contributed by atoms with Crippen molar-refractivity contribution >= 4 is 22.6 Å². The SMILES string of the molecule is CC(=O)SCCC#Cc1cc([N+](=O)[O-])ccc1F. The molecule has 0 aliphatic carbocycles. The van der Waals surface area contributed by atoms with E-state index in [1.54, 1.807) is 0 Å². The molecule has 0 saturated carbocycles. The Kier molecular flexibility index (Phi) is 5.33. The maximum absolute atomic E-state index is 13.3. The van der Waals surface area contributed by atoms with Crippen LogP contribution in [0.2, 0.25) is 0 Å². The number of halogens is 1. The fraction of sp³-hybridized carbons (Fsp3) is 0.250. The second kappa shape index (κ2) is 6.77. The van der Waals surface area contributed by atoms with Gasteiger partial charge in [0.05, 0.1) is 10.5 Å². The van der Waals surface area contributed by atoms with Crippen LogP contribution in [0.1, 0.15) is 18.9 Å². The van der Waals surface area contributed by atoms with E-state index in [9.17, 15) is 19.3 Å². The molecular weight excluding hydrogens is 257 g/mol. The predicted octanol–water partition coefficient (Wildman–Crippen LogP) is 2.76. The highest BCUT2D eigenvalue weighted by Gasteiger charge is 2.08. The van der Waals surface area contributed by atoms with E-state index in [4.69, 9.17) is 0 Å². The van der Waals surface area contributed by atoms with Crippen molar-refractivity contribution in [3.63, 3.8) is 0 Å². The normalized spacial score (nSPS) is 9.44. The number of carbonyl (C=O) groups is 1. The van der Waals surface area contributed by atoms with Crippen molar-refractivity contribution in [3.05, 3.63) is 39.7 Å². The maximum atomic E-state index is 13.3. The lowest BCUT2D eigenvalue weighted by Gasteiger charge is -1.95. The van der Waals surface area contributed by atoms with Crippen LogP contribution in [0.4, 0.5) is 10.1 Å². The molecule has 0 bridgehead atoms. The van der Waals surface area contributed by atoms with Gasteiger partial charge in [-0.1, -0.05) is 23.6 Å². The Labute approximate surface area is 108 Å². The number of nitro benzene ring substituents is 1. The van der Waals surface area contributed by atoms with Crippen LogP contribution in [0.3, 0.4) is 0 Å². The van der Waals surface area contributed by atoms with Gasteiger partial charge in [-0.2, -0.15) is 0 Å². The van der Waals surface area contributed by atoms with Gasteiger partial charge in [0.1, 0.15) is 5.82 Å². The molecule has 0 N–H and O–H groups in total. The van der Waals surface area contributed by atoms with E-state index in [2.05, 4.69) is 11.8 Å². The zero-order valence-electron chi connectivity index (χ0n) is 9.60. The lowest BCUT2D eigenvalue weighted by atomic mass is 10.2. The van der Waals surface area contributed by atoms with Crippen LogP contribution in [0.25, 0.3) is 0 Å². The molecule has 0 unspecified atom stereocenters. The zero-order chi connectivity index (χ0) is 13.5. The summed E-state index contributed by atoms with van der Waals surface area (Å²) in [5, 5.41) is 10.5. The van der Waals surface area contributed by atoms with Crippen LogP contribution in [-0.2, 0) is 4.79 Å². The summed E-state index contributed by atoms with van der Waals surface area (Å²) in [6, 6.07) is 3.21. The minimum absolute atomic E-state index is 0.00155. The first-order valence-corrected chi connectivity index (χ1v) is 6.05. The summed E-state index contributed by atoms with van der Waals surface area (Å²) < 4.78 is 13.3. The van der Waals surface area contributed by atoms with Crippen LogP contribution in [0, 0.1) is 27.8 Å². The molecule has 0 radical (unpaired) electrons. The van der Waals surface area contributed by atoms with Gasteiger partial charge in [0.2, 0.25) is 0 Å². The van der Waals surface area contributed by atoms with E-state index in [1.165, 1.54) is 6.92 Å². The molecule has 1 rings (SSSR count). The molecule has 0 spiro atoms. The summed E-state index contributed by atoms with van der Waals surface area (Å²) >= 11 is 1.14. The maximum Gasteiger partial charge on any atom is 0.270 e. The molecule has 18 heavy (non-hydrogen) atoms. The molecule has 0 aliphatic heterocycles. The largest absolute Gasteiger partial charge is 0.288 e. The van der Waals surface area contributed by atoms with Crippen LogP contribution in [0.15, 0.2) is 18.2 Å². The molecule has 1 aromatic carbocycles. The first-order chi connectivity index (χ1) is 8.50. The average molecular weight is 267 g/mol. The summed E-state index contributed by atoms with van der Waals surface area (Å²) in [6.07, 6.45) is 0.423. The van der Waals surface area contributed by atoms with E-state index in [-0.39, 0.29) is 16.4 Å². The monoisotopic (exact) mass is 267 g/mol. The van der Waals surface area contributed by atoms with E-state index >= 15 is 0 Å². The van der Waals surface area contributed by atoms with Crippen molar-refractivity contribution in [1.82, 2.24) is 0 Å². The van der Waals surface area contributed by atoms with Crippen molar-refractivity contribution in [1.29, 1.82) is 0 Å². The third-order valence-corrected chi connectivity index (χ3v) is 2.73. The summed E-state index contributed by atoms with van der Waals surface area (Å²) in [5.41, 5.74) is -0.198. The molecule has 0 atom stereocenters. The van der Waals surface area contributed by atoms with Crippen LogP contribution in [-0.4, -0.2) is 15.8 Å². The third-order valence-electron chi connectivity index (χ3n) is 1.92. The number of benzene rings is 1. The standard InChI is InChI=1S/C12H10FNO3S/c1-9(15)18-7-3-2-4-10-8-11(14(16)17)5-6-12(10)13/h5-6,8H,3,7H2,1H3. The van der Waals surface area contributed by atoms with E-state index in [0.717, 1.165) is 30.0 Å². The van der Waals surface area contributed by atoms with Gasteiger partial charge in [-0.25, -0.2) is 4.39 Å². The predicted molar refractivity (Wildman–Crippen MR) is 67.7 cm³/mol. The van der Waals surface area contributed by atoms with Crippen molar-refractivity contribution in [2.24, 2.45) is 0 Å². The smallest absolute Gasteiger partial charge is 0.270 e.